The van der Waals surface area contributed by atoms with Crippen molar-refractivity contribution in [1.82, 2.24) is 4.90 Å². The summed E-state index contributed by atoms with van der Waals surface area (Å²) in [6, 6.07) is 21.1. The van der Waals surface area contributed by atoms with E-state index in [9.17, 15) is 4.79 Å². The first-order chi connectivity index (χ1) is 17.6. The van der Waals surface area contributed by atoms with Crippen LogP contribution in [0.15, 0.2) is 66.7 Å². The van der Waals surface area contributed by atoms with Crippen LogP contribution in [0.3, 0.4) is 0 Å². The van der Waals surface area contributed by atoms with E-state index in [-0.39, 0.29) is 11.9 Å². The lowest BCUT2D eigenvalue weighted by molar-refractivity contribution is 0.0955. The Morgan fingerprint density at radius 1 is 0.778 bits per heavy atom. The van der Waals surface area contributed by atoms with Crippen LogP contribution in [0, 0.1) is 0 Å². The molecule has 1 amide bonds. The van der Waals surface area contributed by atoms with Crippen LogP contribution in [0.5, 0.6) is 23.0 Å². The number of benzene rings is 3. The standard InChI is InChI=1S/C29H34N2O5/c1-33-25-11-7-5-9-21(25)20-30-17-15-22(16-18-30)31(23-13-14-27(35-3)28(19-23)36-4)29(32)24-10-6-8-12-26(24)34-2/h5-14,19,22H,15-18,20H2,1-4H3. The maximum Gasteiger partial charge on any atom is 0.262 e. The van der Waals surface area contributed by atoms with E-state index >= 15 is 0 Å². The molecule has 0 radical (unpaired) electrons. The number of rotatable bonds is 9. The average molecular weight is 491 g/mol. The second-order valence-electron chi connectivity index (χ2n) is 8.73. The van der Waals surface area contributed by atoms with E-state index in [1.807, 2.05) is 65.6 Å². The fraction of sp³-hybridized carbons (Fsp3) is 0.345. The van der Waals surface area contributed by atoms with Crippen LogP contribution >= 0.6 is 0 Å². The zero-order chi connectivity index (χ0) is 25.5. The van der Waals surface area contributed by atoms with Crippen LogP contribution in [0.4, 0.5) is 5.69 Å². The molecular formula is C29H34N2O5. The van der Waals surface area contributed by atoms with Crippen molar-refractivity contribution < 1.29 is 23.7 Å². The Morgan fingerprint density at radius 2 is 1.39 bits per heavy atom. The molecule has 1 fully saturated rings. The van der Waals surface area contributed by atoms with Crippen LogP contribution in [0.25, 0.3) is 0 Å². The molecule has 0 atom stereocenters. The van der Waals surface area contributed by atoms with Gasteiger partial charge in [-0.3, -0.25) is 9.69 Å². The van der Waals surface area contributed by atoms with Gasteiger partial charge in [-0.2, -0.15) is 0 Å². The fourth-order valence-electron chi connectivity index (χ4n) is 4.83. The van der Waals surface area contributed by atoms with Crippen LogP contribution < -0.4 is 23.8 Å². The average Bonchev–Trinajstić information content (AvgIpc) is 2.94. The summed E-state index contributed by atoms with van der Waals surface area (Å²) in [6.07, 6.45) is 1.68. The summed E-state index contributed by atoms with van der Waals surface area (Å²) < 4.78 is 22.0. The number of methoxy groups -OCH3 is 4. The molecule has 190 valence electrons. The second-order valence-corrected chi connectivity index (χ2v) is 8.73. The van der Waals surface area contributed by atoms with Crippen LogP contribution in [0.2, 0.25) is 0 Å². The highest BCUT2D eigenvalue weighted by atomic mass is 16.5. The van der Waals surface area contributed by atoms with Gasteiger partial charge in [-0.15, -0.1) is 0 Å². The van der Waals surface area contributed by atoms with Gasteiger partial charge in [0.05, 0.1) is 34.0 Å². The molecule has 0 aliphatic carbocycles. The Labute approximate surface area is 213 Å². The highest BCUT2D eigenvalue weighted by molar-refractivity contribution is 6.08. The predicted molar refractivity (Wildman–Crippen MR) is 141 cm³/mol. The van der Waals surface area contributed by atoms with Crippen molar-refractivity contribution >= 4 is 11.6 Å². The zero-order valence-corrected chi connectivity index (χ0v) is 21.4. The smallest absolute Gasteiger partial charge is 0.262 e. The maximum atomic E-state index is 14.0. The number of nitrogens with zero attached hydrogens (tertiary/aromatic N) is 2. The van der Waals surface area contributed by atoms with Crippen molar-refractivity contribution in [3.8, 4) is 23.0 Å². The first-order valence-corrected chi connectivity index (χ1v) is 12.1. The third kappa shape index (κ3) is 5.41. The monoisotopic (exact) mass is 490 g/mol. The SMILES string of the molecule is COc1ccccc1CN1CCC(N(C(=O)c2ccccc2OC)c2ccc(OC)c(OC)c2)CC1. The van der Waals surface area contributed by atoms with Crippen molar-refractivity contribution in [2.75, 3.05) is 46.4 Å². The molecule has 0 aromatic heterocycles. The number of anilines is 1. The van der Waals surface area contributed by atoms with E-state index in [1.165, 1.54) is 5.56 Å². The van der Waals surface area contributed by atoms with Crippen molar-refractivity contribution in [1.29, 1.82) is 0 Å². The third-order valence-corrected chi connectivity index (χ3v) is 6.71. The maximum absolute atomic E-state index is 14.0. The number of carbonyl (C=O) groups excluding carboxylic acids is 1. The Morgan fingerprint density at radius 3 is 2.06 bits per heavy atom. The summed E-state index contributed by atoms with van der Waals surface area (Å²) in [6.45, 7) is 2.55. The summed E-state index contributed by atoms with van der Waals surface area (Å²) in [5, 5.41) is 0. The number of amides is 1. The van der Waals surface area contributed by atoms with E-state index in [4.69, 9.17) is 18.9 Å². The van der Waals surface area contributed by atoms with Crippen molar-refractivity contribution in [3.05, 3.63) is 77.9 Å². The Bertz CT molecular complexity index is 1170. The van der Waals surface area contributed by atoms with Gasteiger partial charge in [-0.1, -0.05) is 30.3 Å². The van der Waals surface area contributed by atoms with Gasteiger partial charge >= 0.3 is 0 Å². The van der Waals surface area contributed by atoms with Crippen LogP contribution in [0.1, 0.15) is 28.8 Å². The van der Waals surface area contributed by atoms with E-state index in [0.717, 1.165) is 43.9 Å². The van der Waals surface area contributed by atoms with Gasteiger partial charge in [0.2, 0.25) is 0 Å². The summed E-state index contributed by atoms with van der Waals surface area (Å²) in [4.78, 5) is 18.3. The molecule has 1 aliphatic heterocycles. The minimum Gasteiger partial charge on any atom is -0.496 e. The Balaban J connectivity index is 1.60. The largest absolute Gasteiger partial charge is 0.496 e. The first kappa shape index (κ1) is 25.4. The molecule has 0 N–H and O–H groups in total. The summed E-state index contributed by atoms with van der Waals surface area (Å²) in [7, 11) is 6.50. The fourth-order valence-corrected chi connectivity index (χ4v) is 4.83. The zero-order valence-electron chi connectivity index (χ0n) is 21.4. The number of hydrogen-bond acceptors (Lipinski definition) is 6. The number of likely N-dealkylation sites (tertiary alicyclic amines) is 1. The van der Waals surface area contributed by atoms with Crippen molar-refractivity contribution in [3.63, 3.8) is 0 Å². The normalized spacial score (nSPS) is 14.2. The minimum atomic E-state index is -0.0946. The molecule has 36 heavy (non-hydrogen) atoms. The Kier molecular flexibility index (Phi) is 8.33. The minimum absolute atomic E-state index is 0.0226. The number of hydrogen-bond donors (Lipinski definition) is 0. The molecule has 7 heteroatoms. The third-order valence-electron chi connectivity index (χ3n) is 6.71. The predicted octanol–water partition coefficient (Wildman–Crippen LogP) is 5.03. The number of ether oxygens (including phenoxy) is 4. The summed E-state index contributed by atoms with van der Waals surface area (Å²) >= 11 is 0. The molecule has 1 aliphatic rings. The topological polar surface area (TPSA) is 60.5 Å². The summed E-state index contributed by atoms with van der Waals surface area (Å²) in [5.74, 6) is 2.57. The number of piperidine rings is 1. The Hall–Kier alpha value is -3.71. The van der Waals surface area contributed by atoms with Crippen LogP contribution in [-0.4, -0.2) is 58.4 Å². The van der Waals surface area contributed by atoms with Crippen molar-refractivity contribution in [2.45, 2.75) is 25.4 Å². The molecule has 3 aromatic carbocycles. The summed E-state index contributed by atoms with van der Waals surface area (Å²) in [5.41, 5.74) is 2.47. The van der Waals surface area contributed by atoms with Gasteiger partial charge in [0, 0.05) is 43.0 Å². The van der Waals surface area contributed by atoms with E-state index in [2.05, 4.69) is 11.0 Å². The number of carbonyl (C=O) groups is 1. The molecule has 1 saturated heterocycles. The molecule has 3 aromatic rings. The molecule has 0 spiro atoms. The van der Waals surface area contributed by atoms with Gasteiger partial charge in [0.15, 0.2) is 11.5 Å². The quantitative estimate of drug-likeness (QED) is 0.419. The van der Waals surface area contributed by atoms with Gasteiger partial charge in [-0.05, 0) is 43.2 Å². The highest BCUT2D eigenvalue weighted by Crippen LogP contribution is 2.35. The molecule has 0 bridgehead atoms. The van der Waals surface area contributed by atoms with Crippen LogP contribution in [-0.2, 0) is 6.54 Å². The van der Waals surface area contributed by atoms with Gasteiger partial charge < -0.3 is 23.8 Å². The lowest BCUT2D eigenvalue weighted by Crippen LogP contribution is -2.47. The van der Waals surface area contributed by atoms with Gasteiger partial charge in [0.1, 0.15) is 11.5 Å². The number of para-hydroxylation sites is 2. The van der Waals surface area contributed by atoms with E-state index in [0.29, 0.717) is 22.8 Å². The lowest BCUT2D eigenvalue weighted by atomic mass is 9.99. The molecule has 1 heterocycles. The molecular weight excluding hydrogens is 456 g/mol. The molecule has 0 unspecified atom stereocenters. The lowest BCUT2D eigenvalue weighted by Gasteiger charge is -2.39. The van der Waals surface area contributed by atoms with E-state index < -0.39 is 0 Å². The highest BCUT2D eigenvalue weighted by Gasteiger charge is 2.32. The van der Waals surface area contributed by atoms with Crippen molar-refractivity contribution in [2.24, 2.45) is 0 Å². The molecule has 0 saturated carbocycles. The van der Waals surface area contributed by atoms with Gasteiger partial charge in [-0.25, -0.2) is 0 Å². The van der Waals surface area contributed by atoms with Gasteiger partial charge in [0.25, 0.3) is 5.91 Å². The van der Waals surface area contributed by atoms with E-state index in [1.54, 1.807) is 28.4 Å². The first-order valence-electron chi connectivity index (χ1n) is 12.1. The molecule has 4 rings (SSSR count). The molecule has 7 nitrogen and oxygen atoms in total. The second kappa shape index (κ2) is 11.8.